The number of hydrogen-bond donors (Lipinski definition) is 1. The van der Waals surface area contributed by atoms with Crippen LogP contribution in [-0.4, -0.2) is 47.5 Å². The standard InChI is InChI=1S/C17H23FN4O2S2/c1-4-5-8-19-16-20-21-17(26-16)25-11-15(23)22(2)10-12-6-7-14(24-3)13(18)9-12/h6-7,9H,4-5,8,10-11H2,1-3H3,(H,19,20). The zero-order valence-electron chi connectivity index (χ0n) is 15.1. The normalized spacial score (nSPS) is 10.6. The number of methoxy groups -OCH3 is 1. The number of benzene rings is 1. The van der Waals surface area contributed by atoms with Crippen LogP contribution in [0.4, 0.5) is 9.52 Å². The summed E-state index contributed by atoms with van der Waals surface area (Å²) in [7, 11) is 3.12. The molecule has 2 rings (SSSR count). The fourth-order valence-corrected chi connectivity index (χ4v) is 3.83. The highest BCUT2D eigenvalue weighted by Crippen LogP contribution is 2.26. The second kappa shape index (κ2) is 10.3. The van der Waals surface area contributed by atoms with Gasteiger partial charge in [-0.1, -0.05) is 42.5 Å². The van der Waals surface area contributed by atoms with Gasteiger partial charge in [0.2, 0.25) is 11.0 Å². The summed E-state index contributed by atoms with van der Waals surface area (Å²) in [5.41, 5.74) is 0.711. The topological polar surface area (TPSA) is 67.4 Å². The van der Waals surface area contributed by atoms with Crippen LogP contribution >= 0.6 is 23.1 Å². The zero-order valence-corrected chi connectivity index (χ0v) is 16.8. The molecule has 0 aliphatic heterocycles. The largest absolute Gasteiger partial charge is 0.494 e. The molecule has 1 amide bonds. The lowest BCUT2D eigenvalue weighted by Crippen LogP contribution is -2.27. The highest BCUT2D eigenvalue weighted by molar-refractivity contribution is 8.01. The molecule has 0 unspecified atom stereocenters. The molecule has 0 aliphatic rings. The van der Waals surface area contributed by atoms with E-state index in [1.165, 1.54) is 36.3 Å². The Morgan fingerprint density at radius 1 is 1.42 bits per heavy atom. The third-order valence-electron chi connectivity index (χ3n) is 3.59. The van der Waals surface area contributed by atoms with Crippen molar-refractivity contribution in [1.82, 2.24) is 15.1 Å². The molecule has 0 fully saturated rings. The van der Waals surface area contributed by atoms with E-state index in [0.717, 1.165) is 28.9 Å². The van der Waals surface area contributed by atoms with Gasteiger partial charge in [0.25, 0.3) is 0 Å². The number of carbonyl (C=O) groups excluding carboxylic acids is 1. The minimum Gasteiger partial charge on any atom is -0.494 e. The summed E-state index contributed by atoms with van der Waals surface area (Å²) in [6, 6.07) is 4.69. The Labute approximate surface area is 161 Å². The zero-order chi connectivity index (χ0) is 18.9. The van der Waals surface area contributed by atoms with Crippen LogP contribution in [0, 0.1) is 5.82 Å². The Hall–Kier alpha value is -1.87. The van der Waals surface area contributed by atoms with Crippen LogP contribution in [0.5, 0.6) is 5.75 Å². The lowest BCUT2D eigenvalue weighted by molar-refractivity contribution is -0.127. The number of unbranched alkanes of at least 4 members (excludes halogenated alkanes) is 1. The average molecular weight is 399 g/mol. The van der Waals surface area contributed by atoms with Crippen LogP contribution in [0.1, 0.15) is 25.3 Å². The predicted molar refractivity (Wildman–Crippen MR) is 103 cm³/mol. The van der Waals surface area contributed by atoms with Gasteiger partial charge in [-0.25, -0.2) is 4.39 Å². The number of carbonyl (C=O) groups is 1. The third kappa shape index (κ3) is 6.14. The Morgan fingerprint density at radius 3 is 2.92 bits per heavy atom. The van der Waals surface area contributed by atoms with E-state index in [9.17, 15) is 9.18 Å². The van der Waals surface area contributed by atoms with Gasteiger partial charge in [0, 0.05) is 20.1 Å². The minimum absolute atomic E-state index is 0.0538. The van der Waals surface area contributed by atoms with Gasteiger partial charge in [-0.3, -0.25) is 4.79 Å². The third-order valence-corrected chi connectivity index (χ3v) is 5.59. The molecule has 0 radical (unpaired) electrons. The molecule has 1 aromatic carbocycles. The molecular formula is C17H23FN4O2S2. The number of amides is 1. The lowest BCUT2D eigenvalue weighted by atomic mass is 10.2. The minimum atomic E-state index is -0.433. The van der Waals surface area contributed by atoms with Gasteiger partial charge in [-0.15, -0.1) is 10.2 Å². The predicted octanol–water partition coefficient (Wildman–Crippen LogP) is 3.65. The van der Waals surface area contributed by atoms with E-state index >= 15 is 0 Å². The Bertz CT molecular complexity index is 727. The summed E-state index contributed by atoms with van der Waals surface area (Å²) in [4.78, 5) is 13.8. The van der Waals surface area contributed by atoms with Crippen LogP contribution in [0.15, 0.2) is 22.5 Å². The first kappa shape index (κ1) is 20.4. The summed E-state index contributed by atoms with van der Waals surface area (Å²) in [6.07, 6.45) is 2.20. The van der Waals surface area contributed by atoms with E-state index in [1.807, 2.05) is 0 Å². The highest BCUT2D eigenvalue weighted by Gasteiger charge is 2.13. The first-order valence-electron chi connectivity index (χ1n) is 8.30. The molecule has 1 aromatic heterocycles. The molecule has 0 bridgehead atoms. The Kier molecular flexibility index (Phi) is 8.11. The van der Waals surface area contributed by atoms with Crippen molar-refractivity contribution in [2.45, 2.75) is 30.6 Å². The molecule has 9 heteroatoms. The number of nitrogens with zero attached hydrogens (tertiary/aromatic N) is 3. The van der Waals surface area contributed by atoms with Crippen molar-refractivity contribution >= 4 is 34.1 Å². The summed E-state index contributed by atoms with van der Waals surface area (Å²) >= 11 is 2.80. The van der Waals surface area contributed by atoms with Crippen molar-refractivity contribution in [2.24, 2.45) is 0 Å². The smallest absolute Gasteiger partial charge is 0.233 e. The summed E-state index contributed by atoms with van der Waals surface area (Å²) < 4.78 is 19.4. The van der Waals surface area contributed by atoms with Crippen molar-refractivity contribution in [3.63, 3.8) is 0 Å². The van der Waals surface area contributed by atoms with E-state index in [2.05, 4.69) is 22.4 Å². The van der Waals surface area contributed by atoms with Gasteiger partial charge in [0.15, 0.2) is 15.9 Å². The monoisotopic (exact) mass is 398 g/mol. The van der Waals surface area contributed by atoms with Crippen LogP contribution in [0.25, 0.3) is 0 Å². The van der Waals surface area contributed by atoms with Crippen LogP contribution in [0.3, 0.4) is 0 Å². The maximum absolute atomic E-state index is 13.7. The number of rotatable bonds is 10. The first-order chi connectivity index (χ1) is 12.5. The Morgan fingerprint density at radius 2 is 2.23 bits per heavy atom. The van der Waals surface area contributed by atoms with Crippen LogP contribution in [-0.2, 0) is 11.3 Å². The van der Waals surface area contributed by atoms with Crippen LogP contribution in [0.2, 0.25) is 0 Å². The molecule has 0 saturated carbocycles. The van der Waals surface area contributed by atoms with E-state index in [1.54, 1.807) is 24.1 Å². The first-order valence-corrected chi connectivity index (χ1v) is 10.1. The molecule has 0 aliphatic carbocycles. The number of anilines is 1. The van der Waals surface area contributed by atoms with Crippen molar-refractivity contribution in [3.05, 3.63) is 29.6 Å². The summed E-state index contributed by atoms with van der Waals surface area (Å²) in [5, 5.41) is 12.1. The molecular weight excluding hydrogens is 375 g/mol. The molecule has 1 N–H and O–H groups in total. The quantitative estimate of drug-likeness (QED) is 0.487. The van der Waals surface area contributed by atoms with Crippen LogP contribution < -0.4 is 10.1 Å². The second-order valence-electron chi connectivity index (χ2n) is 5.66. The van der Waals surface area contributed by atoms with Gasteiger partial charge in [-0.05, 0) is 24.1 Å². The average Bonchev–Trinajstić information content (AvgIpc) is 3.08. The number of nitrogens with one attached hydrogen (secondary N) is 1. The number of thioether (sulfide) groups is 1. The number of halogens is 1. The second-order valence-corrected chi connectivity index (χ2v) is 7.86. The SMILES string of the molecule is CCCCNc1nnc(SCC(=O)N(C)Cc2ccc(OC)c(F)c2)s1. The highest BCUT2D eigenvalue weighted by atomic mass is 32.2. The van der Waals surface area contributed by atoms with E-state index < -0.39 is 5.82 Å². The van der Waals surface area contributed by atoms with E-state index in [-0.39, 0.29) is 17.4 Å². The molecule has 0 spiro atoms. The van der Waals surface area contributed by atoms with E-state index in [0.29, 0.717) is 12.1 Å². The molecule has 1 heterocycles. The van der Waals surface area contributed by atoms with Crippen molar-refractivity contribution in [2.75, 3.05) is 31.8 Å². The fourth-order valence-electron chi connectivity index (χ4n) is 2.12. The van der Waals surface area contributed by atoms with E-state index in [4.69, 9.17) is 4.74 Å². The fraction of sp³-hybridized carbons (Fsp3) is 0.471. The maximum Gasteiger partial charge on any atom is 0.233 e. The molecule has 0 saturated heterocycles. The van der Waals surface area contributed by atoms with Crippen molar-refractivity contribution in [1.29, 1.82) is 0 Å². The molecule has 142 valence electrons. The summed E-state index contributed by atoms with van der Waals surface area (Å²) in [6.45, 7) is 3.33. The summed E-state index contributed by atoms with van der Waals surface area (Å²) in [5.74, 6) is -0.0318. The van der Waals surface area contributed by atoms with Crippen molar-refractivity contribution in [3.8, 4) is 5.75 Å². The van der Waals surface area contributed by atoms with Gasteiger partial charge in [0.1, 0.15) is 0 Å². The number of aromatic nitrogens is 2. The molecule has 6 nitrogen and oxygen atoms in total. The lowest BCUT2D eigenvalue weighted by Gasteiger charge is -2.17. The van der Waals surface area contributed by atoms with Gasteiger partial charge < -0.3 is 15.0 Å². The number of ether oxygens (including phenoxy) is 1. The Balaban J connectivity index is 1.81. The van der Waals surface area contributed by atoms with Gasteiger partial charge >= 0.3 is 0 Å². The maximum atomic E-state index is 13.7. The van der Waals surface area contributed by atoms with Gasteiger partial charge in [-0.2, -0.15) is 0 Å². The number of hydrogen-bond acceptors (Lipinski definition) is 7. The van der Waals surface area contributed by atoms with Gasteiger partial charge in [0.05, 0.1) is 12.9 Å². The molecule has 2 aromatic rings. The van der Waals surface area contributed by atoms with Crippen molar-refractivity contribution < 1.29 is 13.9 Å². The molecule has 0 atom stereocenters. The molecule has 26 heavy (non-hydrogen) atoms.